The van der Waals surface area contributed by atoms with E-state index in [1.54, 1.807) is 25.1 Å². The van der Waals surface area contributed by atoms with E-state index in [1.165, 1.54) is 33.2 Å². The Kier molecular flexibility index (Phi) is 6.18. The first-order chi connectivity index (χ1) is 12.5. The normalized spacial score (nSPS) is 12.7. The molecule has 0 aromatic heterocycles. The van der Waals surface area contributed by atoms with Gasteiger partial charge in [-0.2, -0.15) is 0 Å². The molecule has 0 spiro atoms. The van der Waals surface area contributed by atoms with Gasteiger partial charge in [0.2, 0.25) is 15.8 Å². The Morgan fingerprint density at radius 2 is 1.59 bits per heavy atom. The number of rotatable bonds is 6. The van der Waals surface area contributed by atoms with E-state index in [1.807, 2.05) is 19.1 Å². The minimum absolute atomic E-state index is 0.0115. The van der Waals surface area contributed by atoms with Crippen molar-refractivity contribution in [3.8, 4) is 0 Å². The highest BCUT2D eigenvalue weighted by atomic mass is 32.2. The largest absolute Gasteiger partial charge is 0.451 e. The quantitative estimate of drug-likeness (QED) is 0.560. The SMILES string of the molecule is Cc1ccc(C(=O)[C@@H](C)OC(=O)c2cc(S(=O)(=O)N(C)C)ccc2C)cc1. The fraction of sp³-hybridized carbons (Fsp3) is 0.300. The molecule has 0 fully saturated rings. The zero-order chi connectivity index (χ0) is 20.4. The lowest BCUT2D eigenvalue weighted by atomic mass is 10.1. The Hall–Kier alpha value is -2.51. The van der Waals surface area contributed by atoms with Crippen LogP contribution in [0.2, 0.25) is 0 Å². The molecular formula is C20H23NO5S. The predicted octanol–water partition coefficient (Wildman–Crippen LogP) is 2.98. The Balaban J connectivity index is 2.25. The van der Waals surface area contributed by atoms with Gasteiger partial charge in [-0.15, -0.1) is 0 Å². The van der Waals surface area contributed by atoms with Crippen molar-refractivity contribution in [2.24, 2.45) is 0 Å². The smallest absolute Gasteiger partial charge is 0.339 e. The van der Waals surface area contributed by atoms with Crippen molar-refractivity contribution in [1.82, 2.24) is 4.31 Å². The number of carbonyl (C=O) groups excluding carboxylic acids is 2. The van der Waals surface area contributed by atoms with Crippen LogP contribution in [0.4, 0.5) is 0 Å². The number of Topliss-reactive ketones (excluding diaryl/α,β-unsaturated/α-hetero) is 1. The van der Waals surface area contributed by atoms with Gasteiger partial charge in [-0.05, 0) is 38.5 Å². The molecule has 7 heteroatoms. The number of nitrogens with zero attached hydrogens (tertiary/aromatic N) is 1. The number of carbonyl (C=O) groups is 2. The van der Waals surface area contributed by atoms with Crippen molar-refractivity contribution in [2.75, 3.05) is 14.1 Å². The molecular weight excluding hydrogens is 366 g/mol. The molecule has 0 saturated heterocycles. The maximum Gasteiger partial charge on any atom is 0.339 e. The molecule has 2 aromatic rings. The number of hydrogen-bond acceptors (Lipinski definition) is 5. The van der Waals surface area contributed by atoms with Crippen molar-refractivity contribution in [3.05, 3.63) is 64.7 Å². The predicted molar refractivity (Wildman–Crippen MR) is 102 cm³/mol. The Bertz CT molecular complexity index is 962. The molecule has 0 heterocycles. The summed E-state index contributed by atoms with van der Waals surface area (Å²) in [5.74, 6) is -1.06. The molecule has 2 aromatic carbocycles. The van der Waals surface area contributed by atoms with Gasteiger partial charge in [-0.3, -0.25) is 4.79 Å². The molecule has 0 bridgehead atoms. The van der Waals surface area contributed by atoms with Gasteiger partial charge in [0.25, 0.3) is 0 Å². The van der Waals surface area contributed by atoms with Crippen molar-refractivity contribution >= 4 is 21.8 Å². The van der Waals surface area contributed by atoms with Gasteiger partial charge < -0.3 is 4.74 Å². The van der Waals surface area contributed by atoms with Crippen LogP contribution in [0.5, 0.6) is 0 Å². The van der Waals surface area contributed by atoms with Gasteiger partial charge in [-0.1, -0.05) is 35.9 Å². The third kappa shape index (κ3) is 4.61. The van der Waals surface area contributed by atoms with Gasteiger partial charge in [-0.25, -0.2) is 17.5 Å². The van der Waals surface area contributed by atoms with Gasteiger partial charge in [0, 0.05) is 19.7 Å². The summed E-state index contributed by atoms with van der Waals surface area (Å²) in [6.45, 7) is 5.08. The number of aryl methyl sites for hydroxylation is 2. The van der Waals surface area contributed by atoms with E-state index in [0.29, 0.717) is 11.1 Å². The molecule has 0 saturated carbocycles. The average molecular weight is 389 g/mol. The molecule has 0 aliphatic rings. The lowest BCUT2D eigenvalue weighted by molar-refractivity contribution is 0.0318. The summed E-state index contributed by atoms with van der Waals surface area (Å²) in [5.41, 5.74) is 2.14. The number of esters is 1. The second kappa shape index (κ2) is 8.02. The second-order valence-corrected chi connectivity index (χ2v) is 8.69. The van der Waals surface area contributed by atoms with Crippen LogP contribution < -0.4 is 0 Å². The first kappa shape index (κ1) is 20.8. The number of ketones is 1. The van der Waals surface area contributed by atoms with E-state index in [9.17, 15) is 18.0 Å². The zero-order valence-corrected chi connectivity index (χ0v) is 16.8. The Morgan fingerprint density at radius 3 is 2.15 bits per heavy atom. The molecule has 0 amide bonds. The van der Waals surface area contributed by atoms with Crippen LogP contribution in [0.1, 0.15) is 38.8 Å². The monoisotopic (exact) mass is 389 g/mol. The van der Waals surface area contributed by atoms with Crippen LogP contribution in [0, 0.1) is 13.8 Å². The van der Waals surface area contributed by atoms with Crippen LogP contribution >= 0.6 is 0 Å². The molecule has 27 heavy (non-hydrogen) atoms. The van der Waals surface area contributed by atoms with Crippen LogP contribution in [0.3, 0.4) is 0 Å². The highest BCUT2D eigenvalue weighted by molar-refractivity contribution is 7.89. The summed E-state index contributed by atoms with van der Waals surface area (Å²) in [6, 6.07) is 11.2. The van der Waals surface area contributed by atoms with Crippen molar-refractivity contribution < 1.29 is 22.7 Å². The molecule has 6 nitrogen and oxygen atoms in total. The second-order valence-electron chi connectivity index (χ2n) is 6.54. The van der Waals surface area contributed by atoms with E-state index >= 15 is 0 Å². The molecule has 0 N–H and O–H groups in total. The highest BCUT2D eigenvalue weighted by Gasteiger charge is 2.24. The van der Waals surface area contributed by atoms with Crippen molar-refractivity contribution in [1.29, 1.82) is 0 Å². The maximum absolute atomic E-state index is 12.5. The van der Waals surface area contributed by atoms with E-state index in [2.05, 4.69) is 0 Å². The standard InChI is InChI=1S/C20H23NO5S/c1-13-6-9-16(10-7-13)19(22)15(3)26-20(23)18-12-17(11-8-14(18)2)27(24,25)21(4)5/h6-12,15H,1-5H3/t15-/m1/s1. The molecule has 1 atom stereocenters. The third-order valence-electron chi connectivity index (χ3n) is 4.20. The van der Waals surface area contributed by atoms with Crippen LogP contribution in [-0.2, 0) is 14.8 Å². The molecule has 144 valence electrons. The van der Waals surface area contributed by atoms with Crippen LogP contribution in [0.15, 0.2) is 47.4 Å². The summed E-state index contributed by atoms with van der Waals surface area (Å²) in [5, 5.41) is 0. The van der Waals surface area contributed by atoms with Crippen molar-refractivity contribution in [3.63, 3.8) is 0 Å². The average Bonchev–Trinajstić information content (AvgIpc) is 2.61. The van der Waals surface area contributed by atoms with Crippen LogP contribution in [-0.4, -0.2) is 44.7 Å². The third-order valence-corrected chi connectivity index (χ3v) is 6.01. The minimum atomic E-state index is -3.68. The fourth-order valence-corrected chi connectivity index (χ4v) is 3.35. The van der Waals surface area contributed by atoms with Crippen LogP contribution in [0.25, 0.3) is 0 Å². The van der Waals surface area contributed by atoms with Gasteiger partial charge in [0.1, 0.15) is 0 Å². The summed E-state index contributed by atoms with van der Waals surface area (Å²) in [6.07, 6.45) is -0.992. The minimum Gasteiger partial charge on any atom is -0.451 e. The number of benzene rings is 2. The number of hydrogen-bond donors (Lipinski definition) is 0. The molecule has 0 unspecified atom stereocenters. The lowest BCUT2D eigenvalue weighted by Crippen LogP contribution is -2.25. The van der Waals surface area contributed by atoms with E-state index < -0.39 is 22.1 Å². The van der Waals surface area contributed by atoms with E-state index in [0.717, 1.165) is 9.87 Å². The topological polar surface area (TPSA) is 80.8 Å². The Labute approximate surface area is 159 Å². The summed E-state index contributed by atoms with van der Waals surface area (Å²) in [7, 11) is -0.859. The summed E-state index contributed by atoms with van der Waals surface area (Å²) >= 11 is 0. The van der Waals surface area contributed by atoms with E-state index in [-0.39, 0.29) is 16.2 Å². The summed E-state index contributed by atoms with van der Waals surface area (Å²) in [4.78, 5) is 25.0. The first-order valence-electron chi connectivity index (χ1n) is 8.39. The van der Waals surface area contributed by atoms with E-state index in [4.69, 9.17) is 4.74 Å². The highest BCUT2D eigenvalue weighted by Crippen LogP contribution is 2.20. The molecule has 0 aliphatic carbocycles. The summed E-state index contributed by atoms with van der Waals surface area (Å²) < 4.78 is 30.9. The zero-order valence-electron chi connectivity index (χ0n) is 16.0. The Morgan fingerprint density at radius 1 is 1.00 bits per heavy atom. The van der Waals surface area contributed by atoms with Gasteiger partial charge in [0.05, 0.1) is 10.5 Å². The molecule has 2 rings (SSSR count). The van der Waals surface area contributed by atoms with Gasteiger partial charge >= 0.3 is 5.97 Å². The van der Waals surface area contributed by atoms with Crippen molar-refractivity contribution in [2.45, 2.75) is 31.8 Å². The molecule has 0 aliphatic heterocycles. The molecule has 0 radical (unpaired) electrons. The fourth-order valence-electron chi connectivity index (χ4n) is 2.42. The lowest BCUT2D eigenvalue weighted by Gasteiger charge is -2.16. The number of ether oxygens (including phenoxy) is 1. The first-order valence-corrected chi connectivity index (χ1v) is 9.83. The number of sulfonamides is 1. The maximum atomic E-state index is 12.5. The van der Waals surface area contributed by atoms with Gasteiger partial charge in [0.15, 0.2) is 6.10 Å².